The molecule has 2 aliphatic rings. The second kappa shape index (κ2) is 5.15. The lowest BCUT2D eigenvalue weighted by Gasteiger charge is -2.26. The molecule has 1 aliphatic heterocycles. The lowest BCUT2D eigenvalue weighted by molar-refractivity contribution is -0.120. The summed E-state index contributed by atoms with van der Waals surface area (Å²) in [4.78, 5) is 25.4. The Morgan fingerprint density at radius 2 is 2.10 bits per heavy atom. The van der Waals surface area contributed by atoms with Gasteiger partial charge in [-0.15, -0.1) is 0 Å². The van der Waals surface area contributed by atoms with Crippen LogP contribution in [-0.4, -0.2) is 31.5 Å². The van der Waals surface area contributed by atoms with E-state index in [-0.39, 0.29) is 24.5 Å². The van der Waals surface area contributed by atoms with Crippen molar-refractivity contribution in [2.24, 2.45) is 0 Å². The van der Waals surface area contributed by atoms with Crippen LogP contribution in [0.4, 0.5) is 5.69 Å². The molecule has 0 unspecified atom stereocenters. The Balaban J connectivity index is 1.80. The van der Waals surface area contributed by atoms with Gasteiger partial charge in [0.15, 0.2) is 6.61 Å². The van der Waals surface area contributed by atoms with Crippen LogP contribution in [0.15, 0.2) is 18.2 Å². The largest absolute Gasteiger partial charge is 0.482 e. The Bertz CT molecular complexity index is 550. The summed E-state index contributed by atoms with van der Waals surface area (Å²) in [5.41, 5.74) is 1.22. The first kappa shape index (κ1) is 13.0. The number of nitrogens with zero attached hydrogens (tertiary/aromatic N) is 1. The fourth-order valence-corrected chi connectivity index (χ4v) is 2.75. The molecule has 1 aromatic carbocycles. The first-order valence-electron chi connectivity index (χ1n) is 6.99. The second-order valence-corrected chi connectivity index (χ2v) is 5.38. The second-order valence-electron chi connectivity index (χ2n) is 5.38. The maximum Gasteiger partial charge on any atom is 0.264 e. The van der Waals surface area contributed by atoms with Gasteiger partial charge in [-0.2, -0.15) is 0 Å². The number of likely N-dealkylation sites (N-methyl/N-ethyl adjacent to an activating group) is 1. The van der Waals surface area contributed by atoms with Gasteiger partial charge in [0, 0.05) is 18.7 Å². The number of carbonyl (C=O) groups is 2. The fourth-order valence-electron chi connectivity index (χ4n) is 2.75. The highest BCUT2D eigenvalue weighted by Crippen LogP contribution is 2.32. The number of amides is 2. The van der Waals surface area contributed by atoms with Crippen molar-refractivity contribution in [3.63, 3.8) is 0 Å². The van der Waals surface area contributed by atoms with Crippen LogP contribution in [0.25, 0.3) is 0 Å². The van der Waals surface area contributed by atoms with E-state index < -0.39 is 0 Å². The maximum atomic E-state index is 12.2. The van der Waals surface area contributed by atoms with Crippen LogP contribution in [0, 0.1) is 0 Å². The predicted molar refractivity (Wildman–Crippen MR) is 75.1 cm³/mol. The SMILES string of the molecule is CN1C(=O)COc2ccc(C(=O)NC3CCCC3)cc21. The molecule has 1 aliphatic carbocycles. The highest BCUT2D eigenvalue weighted by molar-refractivity contribution is 6.01. The monoisotopic (exact) mass is 274 g/mol. The molecule has 1 saturated carbocycles. The van der Waals surface area contributed by atoms with Gasteiger partial charge in [-0.25, -0.2) is 0 Å². The molecule has 1 heterocycles. The molecule has 3 rings (SSSR count). The van der Waals surface area contributed by atoms with E-state index in [1.54, 1.807) is 25.2 Å². The minimum Gasteiger partial charge on any atom is -0.482 e. The minimum absolute atomic E-state index is 0.0527. The smallest absolute Gasteiger partial charge is 0.264 e. The van der Waals surface area contributed by atoms with Crippen molar-refractivity contribution in [2.45, 2.75) is 31.7 Å². The molecule has 1 N–H and O–H groups in total. The normalized spacial score (nSPS) is 18.6. The molecule has 1 fully saturated rings. The minimum atomic E-state index is -0.106. The Morgan fingerprint density at radius 1 is 1.35 bits per heavy atom. The molecule has 106 valence electrons. The van der Waals surface area contributed by atoms with E-state index in [2.05, 4.69) is 5.32 Å². The molecule has 5 nitrogen and oxygen atoms in total. The van der Waals surface area contributed by atoms with E-state index >= 15 is 0 Å². The van der Waals surface area contributed by atoms with Crippen molar-refractivity contribution >= 4 is 17.5 Å². The zero-order valence-electron chi connectivity index (χ0n) is 11.5. The first-order chi connectivity index (χ1) is 9.65. The third-order valence-corrected chi connectivity index (χ3v) is 4.00. The summed E-state index contributed by atoms with van der Waals surface area (Å²) in [5, 5.41) is 3.04. The van der Waals surface area contributed by atoms with E-state index in [9.17, 15) is 9.59 Å². The van der Waals surface area contributed by atoms with Gasteiger partial charge in [0.2, 0.25) is 0 Å². The summed E-state index contributed by atoms with van der Waals surface area (Å²) in [5.74, 6) is 0.460. The van der Waals surface area contributed by atoms with Crippen LogP contribution < -0.4 is 15.0 Å². The summed E-state index contributed by atoms with van der Waals surface area (Å²) in [7, 11) is 1.70. The lowest BCUT2D eigenvalue weighted by Crippen LogP contribution is -2.36. The Kier molecular flexibility index (Phi) is 3.34. The molecule has 0 aromatic heterocycles. The first-order valence-corrected chi connectivity index (χ1v) is 6.99. The summed E-state index contributed by atoms with van der Waals surface area (Å²) >= 11 is 0. The van der Waals surface area contributed by atoms with Crippen molar-refractivity contribution < 1.29 is 14.3 Å². The van der Waals surface area contributed by atoms with Gasteiger partial charge >= 0.3 is 0 Å². The highest BCUT2D eigenvalue weighted by Gasteiger charge is 2.24. The van der Waals surface area contributed by atoms with Crippen LogP contribution in [0.1, 0.15) is 36.0 Å². The van der Waals surface area contributed by atoms with E-state index in [0.29, 0.717) is 17.0 Å². The number of hydrogen-bond donors (Lipinski definition) is 1. The van der Waals surface area contributed by atoms with E-state index in [0.717, 1.165) is 12.8 Å². The molecule has 5 heteroatoms. The molecular weight excluding hydrogens is 256 g/mol. The van der Waals surface area contributed by atoms with Gasteiger partial charge in [-0.3, -0.25) is 9.59 Å². The Morgan fingerprint density at radius 3 is 2.85 bits per heavy atom. The van der Waals surface area contributed by atoms with E-state index in [1.807, 2.05) is 0 Å². The van der Waals surface area contributed by atoms with Crippen molar-refractivity contribution in [1.82, 2.24) is 5.32 Å². The van der Waals surface area contributed by atoms with Crippen molar-refractivity contribution in [3.05, 3.63) is 23.8 Å². The summed E-state index contributed by atoms with van der Waals surface area (Å²) in [6.07, 6.45) is 4.47. The number of fused-ring (bicyclic) bond motifs is 1. The van der Waals surface area contributed by atoms with Crippen LogP contribution in [-0.2, 0) is 4.79 Å². The maximum absolute atomic E-state index is 12.2. The molecule has 0 atom stereocenters. The average molecular weight is 274 g/mol. The summed E-state index contributed by atoms with van der Waals surface area (Å²) < 4.78 is 5.35. The summed E-state index contributed by atoms with van der Waals surface area (Å²) in [6, 6.07) is 5.50. The third-order valence-electron chi connectivity index (χ3n) is 4.00. The van der Waals surface area contributed by atoms with Gasteiger partial charge in [0.1, 0.15) is 5.75 Å². The zero-order valence-corrected chi connectivity index (χ0v) is 11.5. The topological polar surface area (TPSA) is 58.6 Å². The zero-order chi connectivity index (χ0) is 14.1. The van der Waals surface area contributed by atoms with E-state index in [4.69, 9.17) is 4.74 Å². The lowest BCUT2D eigenvalue weighted by atomic mass is 10.1. The number of anilines is 1. The van der Waals surface area contributed by atoms with Gasteiger partial charge in [0.25, 0.3) is 11.8 Å². The number of rotatable bonds is 2. The Labute approximate surface area is 117 Å². The van der Waals surface area contributed by atoms with Crippen LogP contribution in [0.2, 0.25) is 0 Å². The van der Waals surface area contributed by atoms with Crippen LogP contribution >= 0.6 is 0 Å². The van der Waals surface area contributed by atoms with Gasteiger partial charge < -0.3 is 15.0 Å². The molecule has 0 radical (unpaired) electrons. The van der Waals surface area contributed by atoms with E-state index in [1.165, 1.54) is 17.7 Å². The molecular formula is C15H18N2O3. The number of ether oxygens (including phenoxy) is 1. The highest BCUT2D eigenvalue weighted by atomic mass is 16.5. The van der Waals surface area contributed by atoms with Gasteiger partial charge in [-0.05, 0) is 31.0 Å². The predicted octanol–water partition coefficient (Wildman–Crippen LogP) is 1.71. The standard InChI is InChI=1S/C15H18N2O3/c1-17-12-8-10(6-7-13(12)20-9-14(17)18)15(19)16-11-4-2-3-5-11/h6-8,11H,2-5,9H2,1H3,(H,16,19). The number of benzene rings is 1. The fraction of sp³-hybridized carbons (Fsp3) is 0.467. The Hall–Kier alpha value is -2.04. The van der Waals surface area contributed by atoms with Gasteiger partial charge in [-0.1, -0.05) is 12.8 Å². The van der Waals surface area contributed by atoms with Crippen molar-refractivity contribution in [2.75, 3.05) is 18.6 Å². The molecule has 0 saturated heterocycles. The van der Waals surface area contributed by atoms with Crippen LogP contribution in [0.5, 0.6) is 5.75 Å². The van der Waals surface area contributed by atoms with Gasteiger partial charge in [0.05, 0.1) is 5.69 Å². The molecule has 20 heavy (non-hydrogen) atoms. The van der Waals surface area contributed by atoms with Crippen LogP contribution in [0.3, 0.4) is 0 Å². The number of carbonyl (C=O) groups excluding carboxylic acids is 2. The number of hydrogen-bond acceptors (Lipinski definition) is 3. The van der Waals surface area contributed by atoms with Crippen molar-refractivity contribution in [1.29, 1.82) is 0 Å². The summed E-state index contributed by atoms with van der Waals surface area (Å²) in [6.45, 7) is 0.0527. The number of nitrogens with one attached hydrogen (secondary N) is 1. The van der Waals surface area contributed by atoms with Crippen molar-refractivity contribution in [3.8, 4) is 5.75 Å². The molecule has 0 spiro atoms. The third kappa shape index (κ3) is 2.35. The molecule has 1 aromatic rings. The average Bonchev–Trinajstić information content (AvgIpc) is 2.95. The quantitative estimate of drug-likeness (QED) is 0.893. The molecule has 2 amide bonds. The molecule has 0 bridgehead atoms.